The molecule has 0 atom stereocenters. The molecule has 5 heteroatoms. The first-order valence-corrected chi connectivity index (χ1v) is 4.45. The van der Waals surface area contributed by atoms with Crippen molar-refractivity contribution in [3.05, 3.63) is 35.6 Å². The van der Waals surface area contributed by atoms with Crippen LogP contribution in [0.25, 0.3) is 0 Å². The van der Waals surface area contributed by atoms with E-state index in [4.69, 9.17) is 15.5 Å². The lowest BCUT2D eigenvalue weighted by atomic mass is 10.2. The molecular formula is C11H10N2O3. The summed E-state index contributed by atoms with van der Waals surface area (Å²) in [7, 11) is 0. The molecule has 0 fully saturated rings. The fourth-order valence-electron chi connectivity index (χ4n) is 1.07. The molecule has 0 bridgehead atoms. The van der Waals surface area contributed by atoms with Crippen molar-refractivity contribution in [3.8, 4) is 11.8 Å². The maximum atomic E-state index is 11.5. The highest BCUT2D eigenvalue weighted by atomic mass is 16.3. The van der Waals surface area contributed by atoms with Crippen molar-refractivity contribution in [1.29, 1.82) is 5.26 Å². The molecule has 0 saturated carbocycles. The van der Waals surface area contributed by atoms with Crippen molar-refractivity contribution < 1.29 is 15.0 Å². The summed E-state index contributed by atoms with van der Waals surface area (Å²) < 4.78 is 0. The summed E-state index contributed by atoms with van der Waals surface area (Å²) in [6, 6.07) is 7.48. The van der Waals surface area contributed by atoms with Crippen molar-refractivity contribution >= 4 is 11.6 Å². The van der Waals surface area contributed by atoms with E-state index in [0.717, 1.165) is 0 Å². The van der Waals surface area contributed by atoms with Crippen LogP contribution in [0.15, 0.2) is 35.6 Å². The van der Waals surface area contributed by atoms with Crippen molar-refractivity contribution in [3.63, 3.8) is 0 Å². The number of nitrogens with zero attached hydrogens (tertiary/aromatic N) is 1. The number of allylic oxidation sites excluding steroid dienone is 1. The van der Waals surface area contributed by atoms with E-state index >= 15 is 0 Å². The molecule has 1 amide bonds. The predicted octanol–water partition coefficient (Wildman–Crippen LogP) is 1.69. The van der Waals surface area contributed by atoms with Gasteiger partial charge in [-0.05, 0) is 19.1 Å². The summed E-state index contributed by atoms with van der Waals surface area (Å²) in [6.45, 7) is 1.25. The van der Waals surface area contributed by atoms with Crippen molar-refractivity contribution in [2.45, 2.75) is 6.92 Å². The SMILES string of the molecule is C/C(O)=C(/C#N)C(=O)Nc1cccc(O)c1. The maximum Gasteiger partial charge on any atom is 0.269 e. The highest BCUT2D eigenvalue weighted by Crippen LogP contribution is 2.16. The van der Waals surface area contributed by atoms with Gasteiger partial charge in [0, 0.05) is 11.8 Å². The second kappa shape index (κ2) is 4.84. The number of aliphatic hydroxyl groups excluding tert-OH is 1. The zero-order valence-electron chi connectivity index (χ0n) is 8.56. The number of rotatable bonds is 2. The van der Waals surface area contributed by atoms with Gasteiger partial charge < -0.3 is 15.5 Å². The molecule has 0 radical (unpaired) electrons. The molecule has 0 unspecified atom stereocenters. The molecule has 0 aromatic heterocycles. The highest BCUT2D eigenvalue weighted by Gasteiger charge is 2.12. The van der Waals surface area contributed by atoms with Gasteiger partial charge in [0.2, 0.25) is 0 Å². The fraction of sp³-hybridized carbons (Fsp3) is 0.0909. The quantitative estimate of drug-likeness (QED) is 0.400. The van der Waals surface area contributed by atoms with Gasteiger partial charge in [-0.1, -0.05) is 6.07 Å². The Balaban J connectivity index is 2.88. The molecule has 1 aromatic carbocycles. The molecule has 0 aliphatic carbocycles. The van der Waals surface area contributed by atoms with E-state index < -0.39 is 5.91 Å². The number of aromatic hydroxyl groups is 1. The molecule has 5 nitrogen and oxygen atoms in total. The van der Waals surface area contributed by atoms with Crippen LogP contribution in [-0.2, 0) is 4.79 Å². The maximum absolute atomic E-state index is 11.5. The third-order valence-corrected chi connectivity index (χ3v) is 1.80. The molecule has 0 spiro atoms. The second-order valence-electron chi connectivity index (χ2n) is 3.08. The van der Waals surface area contributed by atoms with Gasteiger partial charge in [-0.2, -0.15) is 5.26 Å². The highest BCUT2D eigenvalue weighted by molar-refractivity contribution is 6.06. The topological polar surface area (TPSA) is 93.3 Å². The minimum Gasteiger partial charge on any atom is -0.511 e. The average Bonchev–Trinajstić information content (AvgIpc) is 2.17. The largest absolute Gasteiger partial charge is 0.511 e. The zero-order valence-corrected chi connectivity index (χ0v) is 8.56. The third kappa shape index (κ3) is 2.75. The molecule has 0 saturated heterocycles. The fourth-order valence-corrected chi connectivity index (χ4v) is 1.07. The summed E-state index contributed by atoms with van der Waals surface area (Å²) >= 11 is 0. The van der Waals surface area contributed by atoms with Crippen LogP contribution in [0.2, 0.25) is 0 Å². The standard InChI is InChI=1S/C11H10N2O3/c1-7(14)10(6-12)11(16)13-8-3-2-4-9(15)5-8/h2-5,14-15H,1H3,(H,13,16)/b10-7+. The lowest BCUT2D eigenvalue weighted by Crippen LogP contribution is -2.14. The van der Waals surface area contributed by atoms with Gasteiger partial charge in [0.15, 0.2) is 5.57 Å². The summed E-state index contributed by atoms with van der Waals surface area (Å²) in [5.74, 6) is -1.06. The average molecular weight is 218 g/mol. The third-order valence-electron chi connectivity index (χ3n) is 1.80. The zero-order chi connectivity index (χ0) is 12.1. The minimum absolute atomic E-state index is 0.000933. The molecule has 0 aliphatic rings. The van der Waals surface area contributed by atoms with Gasteiger partial charge in [0.1, 0.15) is 17.6 Å². The van der Waals surface area contributed by atoms with Crippen LogP contribution in [0, 0.1) is 11.3 Å². The Morgan fingerprint density at radius 1 is 1.50 bits per heavy atom. The van der Waals surface area contributed by atoms with Gasteiger partial charge in [-0.3, -0.25) is 4.79 Å². The van der Waals surface area contributed by atoms with E-state index in [1.807, 2.05) is 0 Å². The van der Waals surface area contributed by atoms with E-state index in [-0.39, 0.29) is 17.1 Å². The summed E-state index contributed by atoms with van der Waals surface area (Å²) in [5.41, 5.74) is -0.0117. The molecule has 1 rings (SSSR count). The number of carbonyl (C=O) groups is 1. The lowest BCUT2D eigenvalue weighted by Gasteiger charge is -2.04. The predicted molar refractivity (Wildman–Crippen MR) is 57.7 cm³/mol. The van der Waals surface area contributed by atoms with Crippen LogP contribution in [0.4, 0.5) is 5.69 Å². The number of phenols is 1. The van der Waals surface area contributed by atoms with Crippen LogP contribution in [0.1, 0.15) is 6.92 Å². The van der Waals surface area contributed by atoms with Gasteiger partial charge in [0.25, 0.3) is 5.91 Å². The number of hydrogen-bond acceptors (Lipinski definition) is 4. The normalized spacial score (nSPS) is 11.2. The minimum atomic E-state index is -0.715. The van der Waals surface area contributed by atoms with E-state index in [0.29, 0.717) is 5.69 Å². The van der Waals surface area contributed by atoms with Crippen LogP contribution < -0.4 is 5.32 Å². The number of amides is 1. The second-order valence-corrected chi connectivity index (χ2v) is 3.08. The molecule has 0 heterocycles. The molecule has 0 aliphatic heterocycles. The first-order valence-electron chi connectivity index (χ1n) is 4.45. The Kier molecular flexibility index (Phi) is 3.51. The number of nitrogens with one attached hydrogen (secondary N) is 1. The number of hydrogen-bond donors (Lipinski definition) is 3. The molecular weight excluding hydrogens is 208 g/mol. The summed E-state index contributed by atoms with van der Waals surface area (Å²) in [6.07, 6.45) is 0. The van der Waals surface area contributed by atoms with Crippen LogP contribution in [0.3, 0.4) is 0 Å². The monoisotopic (exact) mass is 218 g/mol. The number of benzene rings is 1. The van der Waals surface area contributed by atoms with Crippen molar-refractivity contribution in [2.75, 3.05) is 5.32 Å². The van der Waals surface area contributed by atoms with Gasteiger partial charge in [0.05, 0.1) is 0 Å². The van der Waals surface area contributed by atoms with E-state index in [9.17, 15) is 4.79 Å². The van der Waals surface area contributed by atoms with Gasteiger partial charge >= 0.3 is 0 Å². The molecule has 3 N–H and O–H groups in total. The molecule has 1 aromatic rings. The Morgan fingerprint density at radius 3 is 2.69 bits per heavy atom. The van der Waals surface area contributed by atoms with Crippen LogP contribution in [0.5, 0.6) is 5.75 Å². The number of nitriles is 1. The Morgan fingerprint density at radius 2 is 2.19 bits per heavy atom. The Bertz CT molecular complexity index is 482. The van der Waals surface area contributed by atoms with Crippen molar-refractivity contribution in [1.82, 2.24) is 0 Å². The van der Waals surface area contributed by atoms with Crippen LogP contribution in [-0.4, -0.2) is 16.1 Å². The van der Waals surface area contributed by atoms with E-state index in [1.165, 1.54) is 19.1 Å². The molecule has 82 valence electrons. The first-order chi connectivity index (χ1) is 7.54. The van der Waals surface area contributed by atoms with Crippen LogP contribution >= 0.6 is 0 Å². The van der Waals surface area contributed by atoms with Crippen molar-refractivity contribution in [2.24, 2.45) is 0 Å². The lowest BCUT2D eigenvalue weighted by molar-refractivity contribution is -0.112. The Labute approximate surface area is 92.3 Å². The van der Waals surface area contributed by atoms with Gasteiger partial charge in [-0.25, -0.2) is 0 Å². The summed E-state index contributed by atoms with van der Waals surface area (Å²) in [5, 5.41) is 29.2. The summed E-state index contributed by atoms with van der Waals surface area (Å²) in [4.78, 5) is 11.5. The van der Waals surface area contributed by atoms with Gasteiger partial charge in [-0.15, -0.1) is 0 Å². The first kappa shape index (κ1) is 11.6. The number of aliphatic hydroxyl groups is 1. The number of phenolic OH excluding ortho intramolecular Hbond substituents is 1. The molecule has 16 heavy (non-hydrogen) atoms. The number of carbonyl (C=O) groups excluding carboxylic acids is 1. The Hall–Kier alpha value is -2.48. The van der Waals surface area contributed by atoms with E-state index in [2.05, 4.69) is 5.32 Å². The van der Waals surface area contributed by atoms with E-state index in [1.54, 1.807) is 18.2 Å². The smallest absolute Gasteiger partial charge is 0.269 e. The number of anilines is 1.